The lowest BCUT2D eigenvalue weighted by atomic mass is 10.2. The maximum atomic E-state index is 10.9. The number of nitro benzene ring substituents is 1. The summed E-state index contributed by atoms with van der Waals surface area (Å²) in [6.45, 7) is 1.02. The predicted octanol–water partition coefficient (Wildman–Crippen LogP) is 0.753. The van der Waals surface area contributed by atoms with Crippen LogP contribution in [0.4, 0.5) is 5.69 Å². The van der Waals surface area contributed by atoms with Crippen LogP contribution in [-0.2, 0) is 4.74 Å². The molecule has 0 aromatic heterocycles. The molecule has 0 bridgehead atoms. The number of nitrogens with zero attached hydrogens (tertiary/aromatic N) is 2. The normalized spacial score (nSPS) is 10.5. The second kappa shape index (κ2) is 8.74. The lowest BCUT2D eigenvalue weighted by Gasteiger charge is -2.06. The highest BCUT2D eigenvalue weighted by Gasteiger charge is 2.19. The van der Waals surface area contributed by atoms with Gasteiger partial charge < -0.3 is 19.9 Å². The Morgan fingerprint density at radius 1 is 1.55 bits per heavy atom. The highest BCUT2D eigenvalue weighted by molar-refractivity contribution is 7.80. The van der Waals surface area contributed by atoms with Gasteiger partial charge in [-0.1, -0.05) is 0 Å². The third-order valence-electron chi connectivity index (χ3n) is 2.47. The molecule has 9 nitrogen and oxygen atoms in total. The van der Waals surface area contributed by atoms with Crippen molar-refractivity contribution in [3.8, 4) is 11.5 Å². The molecule has 120 valence electrons. The van der Waals surface area contributed by atoms with Crippen LogP contribution in [0.2, 0.25) is 0 Å². The fraction of sp³-hybridized carbons (Fsp3) is 0.333. The number of ether oxygens (including phenoxy) is 2. The van der Waals surface area contributed by atoms with Gasteiger partial charge in [-0.15, -0.1) is 0 Å². The maximum Gasteiger partial charge on any atom is 0.315 e. The second-order valence-corrected chi connectivity index (χ2v) is 4.37. The largest absolute Gasteiger partial charge is 0.500 e. The Kier molecular flexibility index (Phi) is 6.99. The van der Waals surface area contributed by atoms with E-state index in [2.05, 4.69) is 15.8 Å². The van der Waals surface area contributed by atoms with E-state index in [4.69, 9.17) is 21.7 Å². The molecular formula is C12H16N4O5S. The summed E-state index contributed by atoms with van der Waals surface area (Å²) in [6, 6.07) is 2.58. The number of thiocarbonyl (C=S) groups is 1. The molecule has 22 heavy (non-hydrogen) atoms. The van der Waals surface area contributed by atoms with E-state index in [-0.39, 0.29) is 10.9 Å². The van der Waals surface area contributed by atoms with E-state index in [0.29, 0.717) is 18.7 Å². The number of nitro groups is 1. The third-order valence-corrected chi connectivity index (χ3v) is 2.70. The van der Waals surface area contributed by atoms with E-state index < -0.39 is 16.4 Å². The van der Waals surface area contributed by atoms with Crippen LogP contribution >= 0.6 is 12.2 Å². The van der Waals surface area contributed by atoms with Crippen molar-refractivity contribution in [3.63, 3.8) is 0 Å². The molecule has 0 radical (unpaired) electrons. The molecule has 0 aliphatic carbocycles. The first-order valence-corrected chi connectivity index (χ1v) is 6.51. The summed E-state index contributed by atoms with van der Waals surface area (Å²) in [5.74, 6) is -0.550. The zero-order valence-electron chi connectivity index (χ0n) is 12.0. The van der Waals surface area contributed by atoms with Gasteiger partial charge >= 0.3 is 5.69 Å². The Bertz CT molecular complexity index is 579. The molecule has 0 aliphatic rings. The predicted molar refractivity (Wildman–Crippen MR) is 84.5 cm³/mol. The monoisotopic (exact) mass is 328 g/mol. The van der Waals surface area contributed by atoms with Crippen LogP contribution in [0.25, 0.3) is 0 Å². The summed E-state index contributed by atoms with van der Waals surface area (Å²) < 4.78 is 9.73. The van der Waals surface area contributed by atoms with Gasteiger partial charge in [0.1, 0.15) is 0 Å². The molecule has 0 spiro atoms. The van der Waals surface area contributed by atoms with Crippen molar-refractivity contribution in [3.05, 3.63) is 27.8 Å². The number of aromatic hydroxyl groups is 1. The Morgan fingerprint density at radius 2 is 2.27 bits per heavy atom. The van der Waals surface area contributed by atoms with Crippen molar-refractivity contribution < 1.29 is 19.5 Å². The third kappa shape index (κ3) is 5.14. The van der Waals surface area contributed by atoms with Crippen LogP contribution in [0, 0.1) is 10.1 Å². The van der Waals surface area contributed by atoms with Crippen LogP contribution in [-0.4, -0.2) is 48.7 Å². The van der Waals surface area contributed by atoms with Crippen LogP contribution in [0.1, 0.15) is 5.56 Å². The summed E-state index contributed by atoms with van der Waals surface area (Å²) in [4.78, 5) is 10.1. The Labute approximate surface area is 132 Å². The van der Waals surface area contributed by atoms with E-state index in [1.165, 1.54) is 25.5 Å². The summed E-state index contributed by atoms with van der Waals surface area (Å²) in [6.07, 6.45) is 1.32. The smallest absolute Gasteiger partial charge is 0.315 e. The molecule has 0 heterocycles. The minimum atomic E-state index is -0.709. The first-order valence-electron chi connectivity index (χ1n) is 6.10. The molecule has 1 aromatic carbocycles. The SMILES string of the molecule is COCCNC(=S)N/N=C\c1cc(OC)c(O)c([N+](=O)[O-])c1. The zero-order chi connectivity index (χ0) is 16.5. The number of nitrogens with one attached hydrogen (secondary N) is 2. The Hall–Kier alpha value is -2.46. The summed E-state index contributed by atoms with van der Waals surface area (Å²) in [5.41, 5.74) is 2.45. The van der Waals surface area contributed by atoms with Gasteiger partial charge in [-0.3, -0.25) is 15.5 Å². The van der Waals surface area contributed by atoms with Gasteiger partial charge in [0.25, 0.3) is 0 Å². The number of phenolic OH excluding ortho intramolecular Hbond substituents is 1. The zero-order valence-corrected chi connectivity index (χ0v) is 12.8. The lowest BCUT2D eigenvalue weighted by Crippen LogP contribution is -2.34. The molecule has 10 heteroatoms. The van der Waals surface area contributed by atoms with E-state index in [0.717, 1.165) is 0 Å². The number of hydrazone groups is 1. The van der Waals surface area contributed by atoms with E-state index in [9.17, 15) is 15.2 Å². The molecule has 3 N–H and O–H groups in total. The van der Waals surface area contributed by atoms with Crippen molar-refractivity contribution in [1.29, 1.82) is 0 Å². The fourth-order valence-electron chi connectivity index (χ4n) is 1.45. The number of rotatable bonds is 7. The molecule has 0 atom stereocenters. The molecule has 0 saturated carbocycles. The Morgan fingerprint density at radius 3 is 2.86 bits per heavy atom. The van der Waals surface area contributed by atoms with E-state index in [1.807, 2.05) is 0 Å². The first kappa shape index (κ1) is 17.6. The standard InChI is InChI=1S/C12H16N4O5S/c1-20-4-3-13-12(22)15-14-7-8-5-9(16(18)19)11(17)10(6-8)21-2/h5-7,17H,3-4H2,1-2H3,(H2,13,15,22)/b14-7-. The van der Waals surface area contributed by atoms with Crippen molar-refractivity contribution in [2.45, 2.75) is 0 Å². The average molecular weight is 328 g/mol. The van der Waals surface area contributed by atoms with Gasteiger partial charge in [0.15, 0.2) is 10.9 Å². The number of hydrogen-bond acceptors (Lipinski definition) is 7. The first-order chi connectivity index (χ1) is 10.5. The minimum Gasteiger partial charge on any atom is -0.500 e. The second-order valence-electron chi connectivity index (χ2n) is 3.97. The summed E-state index contributed by atoms with van der Waals surface area (Å²) in [5, 5.41) is 27.5. The van der Waals surface area contributed by atoms with Crippen LogP contribution in [0.15, 0.2) is 17.2 Å². The van der Waals surface area contributed by atoms with Gasteiger partial charge in [-0.05, 0) is 18.3 Å². The summed E-state index contributed by atoms with van der Waals surface area (Å²) >= 11 is 4.96. The van der Waals surface area contributed by atoms with Crippen molar-refractivity contribution in [2.75, 3.05) is 27.4 Å². The van der Waals surface area contributed by atoms with Gasteiger partial charge in [0.05, 0.1) is 24.9 Å². The fourth-order valence-corrected chi connectivity index (χ4v) is 1.61. The van der Waals surface area contributed by atoms with Gasteiger partial charge in [-0.25, -0.2) is 0 Å². The Balaban J connectivity index is 2.76. The van der Waals surface area contributed by atoms with Gasteiger partial charge in [0.2, 0.25) is 5.75 Å². The molecular weight excluding hydrogens is 312 g/mol. The van der Waals surface area contributed by atoms with E-state index in [1.54, 1.807) is 7.11 Å². The topological polar surface area (TPSA) is 118 Å². The highest BCUT2D eigenvalue weighted by Crippen LogP contribution is 2.36. The maximum absolute atomic E-state index is 10.9. The number of phenols is 1. The van der Waals surface area contributed by atoms with Crippen molar-refractivity contribution in [1.82, 2.24) is 10.7 Å². The van der Waals surface area contributed by atoms with Crippen molar-refractivity contribution in [2.24, 2.45) is 5.10 Å². The number of hydrogen-bond donors (Lipinski definition) is 3. The molecule has 0 saturated heterocycles. The molecule has 1 rings (SSSR count). The number of benzene rings is 1. The average Bonchev–Trinajstić information content (AvgIpc) is 2.48. The van der Waals surface area contributed by atoms with Crippen LogP contribution < -0.4 is 15.5 Å². The molecule has 1 aromatic rings. The molecule has 0 unspecified atom stereocenters. The van der Waals surface area contributed by atoms with Crippen molar-refractivity contribution >= 4 is 29.2 Å². The molecule has 0 fully saturated rings. The van der Waals surface area contributed by atoms with Crippen LogP contribution in [0.5, 0.6) is 11.5 Å². The minimum absolute atomic E-state index is 0.0172. The van der Waals surface area contributed by atoms with Crippen LogP contribution in [0.3, 0.4) is 0 Å². The highest BCUT2D eigenvalue weighted by atomic mass is 32.1. The lowest BCUT2D eigenvalue weighted by molar-refractivity contribution is -0.386. The van der Waals surface area contributed by atoms with Gasteiger partial charge in [0, 0.05) is 25.3 Å². The molecule has 0 amide bonds. The van der Waals surface area contributed by atoms with E-state index >= 15 is 0 Å². The summed E-state index contributed by atoms with van der Waals surface area (Å²) in [7, 11) is 2.87. The molecule has 0 aliphatic heterocycles. The van der Waals surface area contributed by atoms with Gasteiger partial charge in [-0.2, -0.15) is 5.10 Å². The quantitative estimate of drug-likeness (QED) is 0.221. The number of methoxy groups -OCH3 is 2.